The minimum Gasteiger partial charge on any atom is -0.507 e. The van der Waals surface area contributed by atoms with Gasteiger partial charge in [0.25, 0.3) is 11.7 Å². The predicted molar refractivity (Wildman–Crippen MR) is 148 cm³/mol. The van der Waals surface area contributed by atoms with Gasteiger partial charge in [-0.25, -0.2) is 4.79 Å². The monoisotopic (exact) mass is 528 g/mol. The lowest BCUT2D eigenvalue weighted by Crippen LogP contribution is -2.29. The highest BCUT2D eigenvalue weighted by Crippen LogP contribution is 2.42. The number of methoxy groups -OCH3 is 1. The summed E-state index contributed by atoms with van der Waals surface area (Å²) in [5, 5.41) is 11.5. The third-order valence-corrected chi connectivity index (χ3v) is 6.51. The number of aliphatic hydroxyl groups excluding tert-OH is 1. The first-order valence-electron chi connectivity index (χ1n) is 12.8. The molecule has 1 N–H and O–H groups in total. The number of hydrogen-bond donors (Lipinski definition) is 1. The van der Waals surface area contributed by atoms with Crippen LogP contribution in [0, 0.1) is 0 Å². The van der Waals surface area contributed by atoms with E-state index in [2.05, 4.69) is 4.98 Å². The lowest BCUT2D eigenvalue weighted by Gasteiger charge is -2.25. The highest BCUT2D eigenvalue weighted by molar-refractivity contribution is 6.51. The van der Waals surface area contributed by atoms with E-state index in [-0.39, 0.29) is 16.7 Å². The second kappa shape index (κ2) is 11.1. The van der Waals surface area contributed by atoms with Crippen LogP contribution in [-0.2, 0) is 19.7 Å². The van der Waals surface area contributed by atoms with Crippen LogP contribution in [0.15, 0.2) is 72.4 Å². The Morgan fingerprint density at radius 3 is 2.31 bits per heavy atom. The number of rotatable bonds is 7. The first-order chi connectivity index (χ1) is 18.6. The predicted octanol–water partition coefficient (Wildman–Crippen LogP) is 5.58. The summed E-state index contributed by atoms with van der Waals surface area (Å²) < 4.78 is 10.7. The fourth-order valence-electron chi connectivity index (χ4n) is 4.55. The Kier molecular flexibility index (Phi) is 7.85. The average molecular weight is 529 g/mol. The van der Waals surface area contributed by atoms with E-state index < -0.39 is 23.7 Å². The summed E-state index contributed by atoms with van der Waals surface area (Å²) in [6.45, 7) is 8.26. The Bertz CT molecular complexity index is 1420. The van der Waals surface area contributed by atoms with Gasteiger partial charge in [-0.2, -0.15) is 0 Å². The summed E-state index contributed by atoms with van der Waals surface area (Å²) in [6.07, 6.45) is 2.26. The highest BCUT2D eigenvalue weighted by atomic mass is 16.5. The molecule has 1 aromatic heterocycles. The molecule has 2 heterocycles. The summed E-state index contributed by atoms with van der Waals surface area (Å²) in [7, 11) is 1.57. The van der Waals surface area contributed by atoms with E-state index in [1.54, 1.807) is 74.0 Å². The maximum Gasteiger partial charge on any atom is 0.338 e. The summed E-state index contributed by atoms with van der Waals surface area (Å²) in [5.41, 5.74) is 1.95. The Labute approximate surface area is 227 Å². The van der Waals surface area contributed by atoms with Crippen molar-refractivity contribution in [2.75, 3.05) is 18.6 Å². The van der Waals surface area contributed by atoms with Crippen LogP contribution < -0.4 is 9.64 Å². The summed E-state index contributed by atoms with van der Waals surface area (Å²) in [6, 6.07) is 15.6. The van der Waals surface area contributed by atoms with E-state index in [1.807, 2.05) is 27.7 Å². The number of nitrogens with zero attached hydrogens (tertiary/aromatic N) is 2. The quantitative estimate of drug-likeness (QED) is 0.185. The standard InChI is InChI=1S/C31H32N2O6/c1-6-17-39-30(37)19-10-13-21(14-11-19)33-26(23-9-7-8-16-32-23)25(28(35)29(33)36)27(34)20-12-15-24(38-5)22(18-20)31(2,3)4/h7-16,18,26,34H,6,17H2,1-5H3/b27-25-. The van der Waals surface area contributed by atoms with Crippen LogP contribution in [0.4, 0.5) is 5.69 Å². The van der Waals surface area contributed by atoms with Crippen molar-refractivity contribution in [1.82, 2.24) is 4.98 Å². The number of benzene rings is 2. The van der Waals surface area contributed by atoms with Crippen LogP contribution in [0.5, 0.6) is 5.75 Å². The van der Waals surface area contributed by atoms with Gasteiger partial charge in [0.05, 0.1) is 30.5 Å². The number of Topliss-reactive ketones (excluding diaryl/α,β-unsaturated/α-hetero) is 1. The van der Waals surface area contributed by atoms with Crippen molar-refractivity contribution < 1.29 is 29.0 Å². The first kappa shape index (κ1) is 27.6. The van der Waals surface area contributed by atoms with E-state index in [1.165, 1.54) is 4.90 Å². The van der Waals surface area contributed by atoms with E-state index in [9.17, 15) is 19.5 Å². The average Bonchev–Trinajstić information content (AvgIpc) is 3.21. The fraction of sp³-hybridized carbons (Fsp3) is 0.290. The summed E-state index contributed by atoms with van der Waals surface area (Å²) >= 11 is 0. The van der Waals surface area contributed by atoms with Gasteiger partial charge in [0, 0.05) is 23.0 Å². The molecule has 2 aromatic carbocycles. The molecule has 1 amide bonds. The molecule has 1 saturated heterocycles. The van der Waals surface area contributed by atoms with Crippen molar-refractivity contribution in [3.8, 4) is 5.75 Å². The first-order valence-corrected chi connectivity index (χ1v) is 12.8. The van der Waals surface area contributed by atoms with Crippen LogP contribution in [0.25, 0.3) is 5.76 Å². The number of aromatic nitrogens is 1. The Balaban J connectivity index is 1.85. The van der Waals surface area contributed by atoms with E-state index >= 15 is 0 Å². The molecule has 0 radical (unpaired) electrons. The van der Waals surface area contributed by atoms with Gasteiger partial charge in [0.15, 0.2) is 0 Å². The van der Waals surface area contributed by atoms with Gasteiger partial charge >= 0.3 is 5.97 Å². The van der Waals surface area contributed by atoms with Crippen LogP contribution in [-0.4, -0.2) is 41.5 Å². The topological polar surface area (TPSA) is 106 Å². The van der Waals surface area contributed by atoms with Crippen molar-refractivity contribution in [2.24, 2.45) is 0 Å². The smallest absolute Gasteiger partial charge is 0.338 e. The zero-order valence-corrected chi connectivity index (χ0v) is 22.7. The second-order valence-corrected chi connectivity index (χ2v) is 10.3. The molecule has 8 heteroatoms. The van der Waals surface area contributed by atoms with Crippen molar-refractivity contribution in [2.45, 2.75) is 45.6 Å². The Hall–Kier alpha value is -4.46. The lowest BCUT2D eigenvalue weighted by atomic mass is 9.84. The maximum absolute atomic E-state index is 13.5. The Morgan fingerprint density at radius 2 is 1.72 bits per heavy atom. The van der Waals surface area contributed by atoms with Crippen molar-refractivity contribution in [1.29, 1.82) is 0 Å². The number of ether oxygens (including phenoxy) is 2. The molecule has 1 aliphatic rings. The van der Waals surface area contributed by atoms with Gasteiger partial charge in [-0.05, 0) is 66.4 Å². The molecule has 1 fully saturated rings. The van der Waals surface area contributed by atoms with Gasteiger partial charge in [-0.15, -0.1) is 0 Å². The largest absolute Gasteiger partial charge is 0.507 e. The summed E-state index contributed by atoms with van der Waals surface area (Å²) in [4.78, 5) is 44.8. The van der Waals surface area contributed by atoms with E-state index in [0.29, 0.717) is 41.3 Å². The van der Waals surface area contributed by atoms with Crippen molar-refractivity contribution in [3.05, 3.63) is 94.8 Å². The van der Waals surface area contributed by atoms with Crippen LogP contribution in [0.3, 0.4) is 0 Å². The van der Waals surface area contributed by atoms with Crippen LogP contribution in [0.2, 0.25) is 0 Å². The molecule has 0 spiro atoms. The number of pyridine rings is 1. The Morgan fingerprint density at radius 1 is 1.03 bits per heavy atom. The third kappa shape index (κ3) is 5.41. The molecule has 0 saturated carbocycles. The molecule has 39 heavy (non-hydrogen) atoms. The molecular weight excluding hydrogens is 496 g/mol. The minimum absolute atomic E-state index is 0.0739. The number of anilines is 1. The molecule has 0 bridgehead atoms. The molecule has 1 atom stereocenters. The molecule has 4 rings (SSSR count). The number of aliphatic hydroxyl groups is 1. The van der Waals surface area contributed by atoms with E-state index in [4.69, 9.17) is 9.47 Å². The molecule has 0 aliphatic carbocycles. The maximum atomic E-state index is 13.5. The normalized spacial score (nSPS) is 16.8. The molecule has 1 aliphatic heterocycles. The molecule has 8 nitrogen and oxygen atoms in total. The second-order valence-electron chi connectivity index (χ2n) is 10.3. The zero-order valence-electron chi connectivity index (χ0n) is 22.7. The van der Waals surface area contributed by atoms with Crippen LogP contribution >= 0.6 is 0 Å². The number of carbonyl (C=O) groups excluding carboxylic acids is 3. The number of esters is 1. The molecule has 3 aromatic rings. The number of ketones is 1. The van der Waals surface area contributed by atoms with Gasteiger partial charge < -0.3 is 14.6 Å². The lowest BCUT2D eigenvalue weighted by molar-refractivity contribution is -0.132. The van der Waals surface area contributed by atoms with Crippen LogP contribution in [0.1, 0.15) is 67.3 Å². The number of carbonyl (C=O) groups is 3. The van der Waals surface area contributed by atoms with Gasteiger partial charge in [-0.1, -0.05) is 33.8 Å². The fourth-order valence-corrected chi connectivity index (χ4v) is 4.55. The van der Waals surface area contributed by atoms with Gasteiger partial charge in [0.1, 0.15) is 17.6 Å². The SMILES string of the molecule is CCCOC(=O)c1ccc(N2C(=O)C(=O)/C(=C(\O)c3ccc(OC)c(C(C)(C)C)c3)C2c2ccccn2)cc1. The van der Waals surface area contributed by atoms with Gasteiger partial charge in [0.2, 0.25) is 0 Å². The number of amides is 1. The van der Waals surface area contributed by atoms with Crippen molar-refractivity contribution >= 4 is 29.1 Å². The molecule has 1 unspecified atom stereocenters. The third-order valence-electron chi connectivity index (χ3n) is 6.51. The van der Waals surface area contributed by atoms with Gasteiger partial charge in [-0.3, -0.25) is 19.5 Å². The van der Waals surface area contributed by atoms with E-state index in [0.717, 1.165) is 5.56 Å². The minimum atomic E-state index is -0.982. The molecule has 202 valence electrons. The summed E-state index contributed by atoms with van der Waals surface area (Å²) in [5.74, 6) is -1.76. The molecular formula is C31H32N2O6. The highest BCUT2D eigenvalue weighted by Gasteiger charge is 2.47. The zero-order chi connectivity index (χ0) is 28.3. The van der Waals surface area contributed by atoms with Crippen molar-refractivity contribution in [3.63, 3.8) is 0 Å². The number of hydrogen-bond acceptors (Lipinski definition) is 7.